The zero-order valence-corrected chi connectivity index (χ0v) is 12.5. The van der Waals surface area contributed by atoms with Gasteiger partial charge in [-0.05, 0) is 18.2 Å². The van der Waals surface area contributed by atoms with Gasteiger partial charge in [-0.25, -0.2) is 0 Å². The van der Waals surface area contributed by atoms with Gasteiger partial charge in [0.05, 0.1) is 4.92 Å². The molecule has 7 heteroatoms. The number of nitro groups is 1. The van der Waals surface area contributed by atoms with Crippen LogP contribution in [-0.2, 0) is 4.79 Å². The molecule has 1 aromatic heterocycles. The normalized spacial score (nSPS) is 10.3. The first-order valence-electron chi connectivity index (χ1n) is 7.14. The highest BCUT2D eigenvalue weighted by Crippen LogP contribution is 2.26. The van der Waals surface area contributed by atoms with Crippen molar-refractivity contribution in [3.8, 4) is 5.75 Å². The number of benzene rings is 2. The Morgan fingerprint density at radius 3 is 2.83 bits per heavy atom. The molecule has 3 rings (SSSR count). The maximum atomic E-state index is 12.1. The molecule has 0 unspecified atom stereocenters. The molecule has 24 heavy (non-hydrogen) atoms. The summed E-state index contributed by atoms with van der Waals surface area (Å²) in [5.74, 6) is -0.350. The van der Waals surface area contributed by atoms with Gasteiger partial charge < -0.3 is 10.1 Å². The second-order valence-electron chi connectivity index (χ2n) is 4.96. The Morgan fingerprint density at radius 1 is 1.17 bits per heavy atom. The molecule has 1 N–H and O–H groups in total. The van der Waals surface area contributed by atoms with E-state index in [4.69, 9.17) is 4.74 Å². The van der Waals surface area contributed by atoms with Gasteiger partial charge in [0.25, 0.3) is 5.91 Å². The molecule has 3 aromatic rings. The van der Waals surface area contributed by atoms with Crippen molar-refractivity contribution in [2.75, 3.05) is 11.9 Å². The fourth-order valence-corrected chi connectivity index (χ4v) is 2.29. The van der Waals surface area contributed by atoms with E-state index in [2.05, 4.69) is 10.3 Å². The molecule has 0 aliphatic heterocycles. The van der Waals surface area contributed by atoms with E-state index in [0.717, 1.165) is 10.8 Å². The predicted molar refractivity (Wildman–Crippen MR) is 89.0 cm³/mol. The molecule has 0 atom stereocenters. The van der Waals surface area contributed by atoms with E-state index >= 15 is 0 Å². The summed E-state index contributed by atoms with van der Waals surface area (Å²) in [7, 11) is 0. The van der Waals surface area contributed by atoms with Crippen LogP contribution in [-0.4, -0.2) is 22.4 Å². The Bertz CT molecular complexity index is 906. The van der Waals surface area contributed by atoms with Crippen molar-refractivity contribution in [3.05, 3.63) is 71.0 Å². The Balaban J connectivity index is 1.71. The van der Waals surface area contributed by atoms with Gasteiger partial charge in [0.2, 0.25) is 0 Å². The number of anilines is 1. The van der Waals surface area contributed by atoms with Gasteiger partial charge in [0.1, 0.15) is 0 Å². The number of hydrogen-bond donors (Lipinski definition) is 1. The molecule has 1 amide bonds. The fraction of sp³-hybridized carbons (Fsp3) is 0.0588. The lowest BCUT2D eigenvalue weighted by atomic mass is 10.1. The first kappa shape index (κ1) is 15.4. The Labute approximate surface area is 137 Å². The van der Waals surface area contributed by atoms with Crippen LogP contribution in [0.5, 0.6) is 5.75 Å². The molecule has 0 bridgehead atoms. The average Bonchev–Trinajstić information content (AvgIpc) is 2.60. The average molecular weight is 323 g/mol. The fourth-order valence-electron chi connectivity index (χ4n) is 2.29. The number of fused-ring (bicyclic) bond motifs is 1. The minimum atomic E-state index is -0.551. The van der Waals surface area contributed by atoms with Crippen molar-refractivity contribution in [2.24, 2.45) is 0 Å². The van der Waals surface area contributed by atoms with Crippen LogP contribution in [0, 0.1) is 10.1 Å². The number of para-hydroxylation sites is 2. The van der Waals surface area contributed by atoms with Crippen LogP contribution < -0.4 is 10.1 Å². The van der Waals surface area contributed by atoms with Gasteiger partial charge in [-0.1, -0.05) is 24.3 Å². The first-order valence-corrected chi connectivity index (χ1v) is 7.14. The van der Waals surface area contributed by atoms with E-state index in [9.17, 15) is 14.9 Å². The van der Waals surface area contributed by atoms with E-state index in [-0.39, 0.29) is 18.0 Å². The molecule has 120 valence electrons. The highest BCUT2D eigenvalue weighted by Gasteiger charge is 2.15. The summed E-state index contributed by atoms with van der Waals surface area (Å²) >= 11 is 0. The zero-order chi connectivity index (χ0) is 16.9. The lowest BCUT2D eigenvalue weighted by molar-refractivity contribution is -0.385. The van der Waals surface area contributed by atoms with E-state index in [1.165, 1.54) is 18.2 Å². The highest BCUT2D eigenvalue weighted by atomic mass is 16.6. The summed E-state index contributed by atoms with van der Waals surface area (Å²) in [5.41, 5.74) is 0.451. The maximum Gasteiger partial charge on any atom is 0.310 e. The molecule has 0 saturated carbocycles. The number of nitrogens with zero attached hydrogens (tertiary/aromatic N) is 2. The quantitative estimate of drug-likeness (QED) is 0.575. The van der Waals surface area contributed by atoms with Crippen LogP contribution in [0.3, 0.4) is 0 Å². The van der Waals surface area contributed by atoms with Crippen LogP contribution >= 0.6 is 0 Å². The molecule has 2 aromatic carbocycles. The second kappa shape index (κ2) is 6.74. The summed E-state index contributed by atoms with van der Waals surface area (Å²) in [4.78, 5) is 26.5. The molecule has 0 radical (unpaired) electrons. The van der Waals surface area contributed by atoms with Crippen molar-refractivity contribution >= 4 is 28.1 Å². The molecule has 0 aliphatic rings. The number of aromatic nitrogens is 1. The van der Waals surface area contributed by atoms with E-state index in [1.54, 1.807) is 30.6 Å². The number of nitro benzene ring substituents is 1. The SMILES string of the molecule is O=C(COc1ccccc1[N+](=O)[O-])Nc1cccc2cnccc12. The van der Waals surface area contributed by atoms with Crippen LogP contribution in [0.15, 0.2) is 60.9 Å². The number of pyridine rings is 1. The van der Waals surface area contributed by atoms with Crippen molar-refractivity contribution in [3.63, 3.8) is 0 Å². The van der Waals surface area contributed by atoms with Gasteiger partial charge >= 0.3 is 5.69 Å². The summed E-state index contributed by atoms with van der Waals surface area (Å²) in [6, 6.07) is 13.2. The molecule has 7 nitrogen and oxygen atoms in total. The van der Waals surface area contributed by atoms with Crippen molar-refractivity contribution in [1.82, 2.24) is 4.98 Å². The number of carbonyl (C=O) groups is 1. The minimum Gasteiger partial charge on any atom is -0.477 e. The van der Waals surface area contributed by atoms with E-state index in [0.29, 0.717) is 5.69 Å². The predicted octanol–water partition coefficient (Wildman–Crippen LogP) is 3.16. The number of amides is 1. The van der Waals surface area contributed by atoms with E-state index < -0.39 is 10.8 Å². The van der Waals surface area contributed by atoms with Crippen molar-refractivity contribution < 1.29 is 14.5 Å². The van der Waals surface area contributed by atoms with Crippen LogP contribution in [0.1, 0.15) is 0 Å². The molecular weight excluding hydrogens is 310 g/mol. The third-order valence-corrected chi connectivity index (χ3v) is 3.38. The number of hydrogen-bond acceptors (Lipinski definition) is 5. The number of nitrogens with one attached hydrogen (secondary N) is 1. The number of carbonyl (C=O) groups excluding carboxylic acids is 1. The Hall–Kier alpha value is -3.48. The molecular formula is C17H13N3O4. The molecule has 0 fully saturated rings. The van der Waals surface area contributed by atoms with Crippen LogP contribution in [0.25, 0.3) is 10.8 Å². The molecule has 0 spiro atoms. The summed E-state index contributed by atoms with van der Waals surface area (Å²) in [5, 5.41) is 15.4. The maximum absolute atomic E-state index is 12.1. The van der Waals surface area contributed by atoms with Crippen molar-refractivity contribution in [2.45, 2.75) is 0 Å². The highest BCUT2D eigenvalue weighted by molar-refractivity contribution is 6.02. The second-order valence-corrected chi connectivity index (χ2v) is 4.96. The summed E-state index contributed by atoms with van der Waals surface area (Å²) in [6.07, 6.45) is 3.34. The third-order valence-electron chi connectivity index (χ3n) is 3.38. The first-order chi connectivity index (χ1) is 11.6. The largest absolute Gasteiger partial charge is 0.477 e. The van der Waals surface area contributed by atoms with Gasteiger partial charge in [-0.3, -0.25) is 19.9 Å². The standard InChI is InChI=1S/C17H13N3O4/c21-17(11-24-16-7-2-1-6-15(16)20(22)23)19-14-5-3-4-12-10-18-9-8-13(12)14/h1-10H,11H2,(H,19,21). The van der Waals surface area contributed by atoms with Gasteiger partial charge in [-0.15, -0.1) is 0 Å². The Morgan fingerprint density at radius 2 is 2.00 bits per heavy atom. The minimum absolute atomic E-state index is 0.0553. The van der Waals surface area contributed by atoms with Gasteiger partial charge in [0, 0.05) is 34.9 Å². The lowest BCUT2D eigenvalue weighted by Gasteiger charge is -2.09. The van der Waals surface area contributed by atoms with Crippen LogP contribution in [0.4, 0.5) is 11.4 Å². The van der Waals surface area contributed by atoms with Crippen molar-refractivity contribution in [1.29, 1.82) is 0 Å². The number of ether oxygens (including phenoxy) is 1. The van der Waals surface area contributed by atoms with Crippen LogP contribution in [0.2, 0.25) is 0 Å². The summed E-state index contributed by atoms with van der Waals surface area (Å²) in [6.45, 7) is -0.327. The molecule has 0 saturated heterocycles. The number of rotatable bonds is 5. The van der Waals surface area contributed by atoms with Gasteiger partial charge in [0.15, 0.2) is 12.4 Å². The monoisotopic (exact) mass is 323 g/mol. The van der Waals surface area contributed by atoms with Gasteiger partial charge in [-0.2, -0.15) is 0 Å². The Kier molecular flexibility index (Phi) is 4.33. The van der Waals surface area contributed by atoms with E-state index in [1.807, 2.05) is 12.1 Å². The third kappa shape index (κ3) is 3.30. The molecule has 1 heterocycles. The summed E-state index contributed by atoms with van der Waals surface area (Å²) < 4.78 is 5.28. The lowest BCUT2D eigenvalue weighted by Crippen LogP contribution is -2.20. The zero-order valence-electron chi connectivity index (χ0n) is 12.5. The smallest absolute Gasteiger partial charge is 0.310 e. The molecule has 0 aliphatic carbocycles. The topological polar surface area (TPSA) is 94.4 Å².